The fourth-order valence-corrected chi connectivity index (χ4v) is 5.40. The molecule has 0 spiro atoms. The number of rotatable bonds is 11. The van der Waals surface area contributed by atoms with Gasteiger partial charge in [0.1, 0.15) is 0 Å². The Bertz CT molecular complexity index is 719. The van der Waals surface area contributed by atoms with E-state index in [4.69, 9.17) is 0 Å². The van der Waals surface area contributed by atoms with Gasteiger partial charge in [-0.15, -0.1) is 0 Å². The Kier molecular flexibility index (Phi) is 10.3. The van der Waals surface area contributed by atoms with Crippen LogP contribution in [0.1, 0.15) is 63.7 Å². The molecule has 0 saturated heterocycles. The third-order valence-corrected chi connectivity index (χ3v) is 8.09. The van der Waals surface area contributed by atoms with E-state index in [-0.39, 0.29) is 34.4 Å². The van der Waals surface area contributed by atoms with Gasteiger partial charge in [-0.25, -0.2) is 0 Å². The maximum Gasteiger partial charge on any atom is 0.221 e. The molecule has 0 saturated carbocycles. The van der Waals surface area contributed by atoms with Crippen molar-refractivity contribution in [2.45, 2.75) is 63.1 Å². The SMILES string of the molecule is C[C@H](CC(=O)N[C@H](C)c1ccccc1)SS[C@H](C)CC(=O)N[C@H](C)c1ccccc1. The van der Waals surface area contributed by atoms with Gasteiger partial charge in [-0.05, 0) is 25.0 Å². The lowest BCUT2D eigenvalue weighted by atomic mass is 10.1. The summed E-state index contributed by atoms with van der Waals surface area (Å²) in [5.41, 5.74) is 2.20. The fourth-order valence-electron chi connectivity index (χ4n) is 3.03. The van der Waals surface area contributed by atoms with E-state index in [1.807, 2.05) is 74.5 Å². The van der Waals surface area contributed by atoms with E-state index >= 15 is 0 Å². The number of carbonyl (C=O) groups excluding carboxylic acids is 2. The molecule has 162 valence electrons. The molecule has 0 bridgehead atoms. The van der Waals surface area contributed by atoms with E-state index in [9.17, 15) is 9.59 Å². The van der Waals surface area contributed by atoms with Gasteiger partial charge in [-0.3, -0.25) is 9.59 Å². The Labute approximate surface area is 188 Å². The first-order valence-electron chi connectivity index (χ1n) is 10.4. The van der Waals surface area contributed by atoms with Crippen molar-refractivity contribution in [3.63, 3.8) is 0 Å². The molecule has 2 rings (SSSR count). The first-order chi connectivity index (χ1) is 14.3. The standard InChI is InChI=1S/C24H32N2O2S2/c1-17(15-23(27)25-19(3)21-11-7-5-8-12-21)29-30-18(2)16-24(28)26-20(4)22-13-9-6-10-14-22/h5-14,17-20H,15-16H2,1-4H3,(H,25,27)(H,26,28)/t17-,18-,19-,20-/m1/s1. The van der Waals surface area contributed by atoms with Crippen LogP contribution in [-0.2, 0) is 9.59 Å². The zero-order valence-electron chi connectivity index (χ0n) is 18.1. The Balaban J connectivity index is 1.66. The molecule has 0 aliphatic carbocycles. The summed E-state index contributed by atoms with van der Waals surface area (Å²) in [5, 5.41) is 6.46. The summed E-state index contributed by atoms with van der Waals surface area (Å²) < 4.78 is 0. The van der Waals surface area contributed by atoms with E-state index in [0.717, 1.165) is 11.1 Å². The highest BCUT2D eigenvalue weighted by Crippen LogP contribution is 2.34. The van der Waals surface area contributed by atoms with Crippen molar-refractivity contribution >= 4 is 33.4 Å². The van der Waals surface area contributed by atoms with Gasteiger partial charge in [0.15, 0.2) is 0 Å². The summed E-state index contributed by atoms with van der Waals surface area (Å²) in [5.74, 6) is 0.100. The molecule has 0 unspecified atom stereocenters. The first kappa shape index (κ1) is 24.4. The molecule has 0 aliphatic heterocycles. The highest BCUT2D eigenvalue weighted by atomic mass is 33.1. The summed E-state index contributed by atoms with van der Waals surface area (Å²) in [6.07, 6.45) is 0.914. The average Bonchev–Trinajstić information content (AvgIpc) is 2.73. The monoisotopic (exact) mass is 444 g/mol. The lowest BCUT2D eigenvalue weighted by molar-refractivity contribution is -0.122. The summed E-state index contributed by atoms with van der Waals surface area (Å²) in [6, 6.07) is 19.9. The van der Waals surface area contributed by atoms with E-state index in [0.29, 0.717) is 12.8 Å². The molecule has 4 atom stereocenters. The Hall–Kier alpha value is -1.92. The van der Waals surface area contributed by atoms with Crippen molar-refractivity contribution in [3.05, 3.63) is 71.8 Å². The van der Waals surface area contributed by atoms with Crippen LogP contribution in [0.25, 0.3) is 0 Å². The van der Waals surface area contributed by atoms with Gasteiger partial charge in [0.05, 0.1) is 12.1 Å². The van der Waals surface area contributed by atoms with Crippen molar-refractivity contribution in [1.29, 1.82) is 0 Å². The van der Waals surface area contributed by atoms with Crippen molar-refractivity contribution < 1.29 is 9.59 Å². The maximum absolute atomic E-state index is 12.3. The van der Waals surface area contributed by atoms with Crippen LogP contribution in [0.2, 0.25) is 0 Å². The quantitative estimate of drug-likeness (QED) is 0.438. The van der Waals surface area contributed by atoms with Crippen molar-refractivity contribution in [2.75, 3.05) is 0 Å². The number of hydrogen-bond acceptors (Lipinski definition) is 4. The second-order valence-electron chi connectivity index (χ2n) is 7.62. The maximum atomic E-state index is 12.3. The van der Waals surface area contributed by atoms with E-state index in [1.165, 1.54) is 0 Å². The highest BCUT2D eigenvalue weighted by Gasteiger charge is 2.17. The van der Waals surface area contributed by atoms with Gasteiger partial charge in [-0.2, -0.15) is 0 Å². The number of carbonyl (C=O) groups is 2. The molecule has 4 nitrogen and oxygen atoms in total. The van der Waals surface area contributed by atoms with E-state index < -0.39 is 0 Å². The minimum atomic E-state index is -0.00206. The Morgan fingerprint density at radius 2 is 1.00 bits per heavy atom. The van der Waals surface area contributed by atoms with E-state index in [1.54, 1.807) is 21.6 Å². The van der Waals surface area contributed by atoms with Crippen LogP contribution in [0.3, 0.4) is 0 Å². The van der Waals surface area contributed by atoms with Crippen LogP contribution < -0.4 is 10.6 Å². The van der Waals surface area contributed by atoms with Crippen molar-refractivity contribution in [2.24, 2.45) is 0 Å². The molecule has 30 heavy (non-hydrogen) atoms. The normalized spacial score (nSPS) is 14.9. The number of hydrogen-bond donors (Lipinski definition) is 2. The van der Waals surface area contributed by atoms with Crippen LogP contribution in [0, 0.1) is 0 Å². The van der Waals surface area contributed by atoms with E-state index in [2.05, 4.69) is 24.5 Å². The minimum Gasteiger partial charge on any atom is -0.350 e. The molecular weight excluding hydrogens is 412 g/mol. The van der Waals surface area contributed by atoms with Gasteiger partial charge in [-0.1, -0.05) is 96.1 Å². The predicted molar refractivity (Wildman–Crippen MR) is 129 cm³/mol. The smallest absolute Gasteiger partial charge is 0.221 e. The Morgan fingerprint density at radius 3 is 1.33 bits per heavy atom. The summed E-state index contributed by atoms with van der Waals surface area (Å²) >= 11 is 0. The summed E-state index contributed by atoms with van der Waals surface area (Å²) in [6.45, 7) is 8.09. The van der Waals surface area contributed by atoms with Crippen LogP contribution in [0.15, 0.2) is 60.7 Å². The van der Waals surface area contributed by atoms with Crippen LogP contribution in [0.5, 0.6) is 0 Å². The zero-order valence-corrected chi connectivity index (χ0v) is 19.8. The van der Waals surface area contributed by atoms with Crippen LogP contribution >= 0.6 is 21.6 Å². The first-order valence-corrected chi connectivity index (χ1v) is 12.6. The molecule has 2 N–H and O–H groups in total. The topological polar surface area (TPSA) is 58.2 Å². The molecule has 0 aromatic heterocycles. The molecule has 6 heteroatoms. The summed E-state index contributed by atoms with van der Waals surface area (Å²) in [7, 11) is 3.34. The highest BCUT2D eigenvalue weighted by molar-refractivity contribution is 8.77. The molecule has 0 heterocycles. The largest absolute Gasteiger partial charge is 0.350 e. The lowest BCUT2D eigenvalue weighted by Crippen LogP contribution is -2.29. The van der Waals surface area contributed by atoms with Crippen molar-refractivity contribution in [3.8, 4) is 0 Å². The molecule has 0 radical (unpaired) electrons. The van der Waals surface area contributed by atoms with Crippen LogP contribution in [-0.4, -0.2) is 22.3 Å². The summed E-state index contributed by atoms with van der Waals surface area (Å²) in [4.78, 5) is 24.6. The van der Waals surface area contributed by atoms with Gasteiger partial charge < -0.3 is 10.6 Å². The Morgan fingerprint density at radius 1 is 0.667 bits per heavy atom. The van der Waals surface area contributed by atoms with Crippen molar-refractivity contribution in [1.82, 2.24) is 10.6 Å². The van der Waals surface area contributed by atoms with Crippen LogP contribution in [0.4, 0.5) is 0 Å². The van der Waals surface area contributed by atoms with Gasteiger partial charge in [0.2, 0.25) is 11.8 Å². The number of nitrogens with one attached hydrogen (secondary N) is 2. The molecule has 2 aromatic rings. The molecule has 0 fully saturated rings. The zero-order chi connectivity index (χ0) is 21.9. The average molecular weight is 445 g/mol. The van der Waals surface area contributed by atoms with Gasteiger partial charge >= 0.3 is 0 Å². The second-order valence-corrected chi connectivity index (χ2v) is 10.8. The van der Waals surface area contributed by atoms with Gasteiger partial charge in [0.25, 0.3) is 0 Å². The second kappa shape index (κ2) is 12.7. The molecular formula is C24H32N2O2S2. The third kappa shape index (κ3) is 8.84. The number of benzene rings is 2. The third-order valence-electron chi connectivity index (χ3n) is 4.68. The minimum absolute atomic E-state index is 0.00206. The number of amides is 2. The molecule has 2 aromatic carbocycles. The predicted octanol–water partition coefficient (Wildman–Crippen LogP) is 5.68. The molecule has 0 aliphatic rings. The fraction of sp³-hybridized carbons (Fsp3) is 0.417. The van der Waals surface area contributed by atoms with Gasteiger partial charge in [0, 0.05) is 23.3 Å². The lowest BCUT2D eigenvalue weighted by Gasteiger charge is -2.18. The molecule has 2 amide bonds.